The molecule has 0 radical (unpaired) electrons. The molecule has 0 spiro atoms. The SMILES string of the molecule is Cc1ccccc1C(SCCO)C(C)N. The second-order valence-corrected chi connectivity index (χ2v) is 4.98. The molecule has 3 heteroatoms. The van der Waals surface area contributed by atoms with Crippen molar-refractivity contribution in [3.8, 4) is 0 Å². The summed E-state index contributed by atoms with van der Waals surface area (Å²) in [5.74, 6) is 0.737. The van der Waals surface area contributed by atoms with Crippen LogP contribution >= 0.6 is 11.8 Å². The van der Waals surface area contributed by atoms with E-state index in [1.54, 1.807) is 11.8 Å². The first-order valence-corrected chi connectivity index (χ1v) is 6.25. The van der Waals surface area contributed by atoms with Gasteiger partial charge in [-0.3, -0.25) is 0 Å². The lowest BCUT2D eigenvalue weighted by atomic mass is 10.0. The van der Waals surface area contributed by atoms with E-state index in [4.69, 9.17) is 10.8 Å². The van der Waals surface area contributed by atoms with E-state index in [0.717, 1.165) is 5.75 Å². The van der Waals surface area contributed by atoms with Crippen molar-refractivity contribution in [3.05, 3.63) is 35.4 Å². The highest BCUT2D eigenvalue weighted by Crippen LogP contribution is 2.32. The van der Waals surface area contributed by atoms with Crippen LogP contribution in [0.3, 0.4) is 0 Å². The predicted octanol–water partition coefficient (Wildman–Crippen LogP) is 2.11. The molecule has 0 aliphatic heterocycles. The van der Waals surface area contributed by atoms with Crippen LogP contribution in [0.25, 0.3) is 0 Å². The van der Waals surface area contributed by atoms with Gasteiger partial charge in [-0.2, -0.15) is 0 Å². The van der Waals surface area contributed by atoms with Crippen LogP contribution in [0.4, 0.5) is 0 Å². The van der Waals surface area contributed by atoms with Gasteiger partial charge in [0.15, 0.2) is 0 Å². The second-order valence-electron chi connectivity index (χ2n) is 3.73. The molecule has 0 amide bonds. The average Bonchev–Trinajstić information content (AvgIpc) is 2.20. The molecule has 2 nitrogen and oxygen atoms in total. The van der Waals surface area contributed by atoms with Crippen molar-refractivity contribution in [1.29, 1.82) is 0 Å². The highest BCUT2D eigenvalue weighted by Gasteiger charge is 2.17. The van der Waals surface area contributed by atoms with Crippen molar-refractivity contribution < 1.29 is 5.11 Å². The minimum atomic E-state index is 0.0997. The van der Waals surface area contributed by atoms with Gasteiger partial charge in [0.25, 0.3) is 0 Å². The maximum atomic E-state index is 8.85. The summed E-state index contributed by atoms with van der Waals surface area (Å²) in [6.45, 7) is 4.32. The van der Waals surface area contributed by atoms with Gasteiger partial charge >= 0.3 is 0 Å². The van der Waals surface area contributed by atoms with Crippen LogP contribution in [-0.2, 0) is 0 Å². The first-order chi connectivity index (χ1) is 7.16. The van der Waals surface area contributed by atoms with E-state index >= 15 is 0 Å². The zero-order chi connectivity index (χ0) is 11.3. The van der Waals surface area contributed by atoms with E-state index in [1.807, 2.05) is 19.1 Å². The van der Waals surface area contributed by atoms with Crippen LogP contribution in [0.15, 0.2) is 24.3 Å². The van der Waals surface area contributed by atoms with Crippen molar-refractivity contribution in [2.75, 3.05) is 12.4 Å². The summed E-state index contributed by atoms with van der Waals surface area (Å²) >= 11 is 1.72. The van der Waals surface area contributed by atoms with Gasteiger partial charge in [0.05, 0.1) is 6.61 Å². The summed E-state index contributed by atoms with van der Waals surface area (Å²) in [6, 6.07) is 8.39. The minimum absolute atomic E-state index is 0.0997. The number of aryl methyl sites for hydroxylation is 1. The van der Waals surface area contributed by atoms with Crippen LogP contribution in [0.5, 0.6) is 0 Å². The number of hydrogen-bond donors (Lipinski definition) is 2. The molecule has 2 atom stereocenters. The molecule has 0 fully saturated rings. The van der Waals surface area contributed by atoms with Crippen LogP contribution < -0.4 is 5.73 Å². The highest BCUT2D eigenvalue weighted by atomic mass is 32.2. The normalized spacial score (nSPS) is 14.9. The van der Waals surface area contributed by atoms with Gasteiger partial charge in [-0.1, -0.05) is 24.3 Å². The predicted molar refractivity (Wildman–Crippen MR) is 67.1 cm³/mol. The Bertz CT molecular complexity index is 301. The summed E-state index contributed by atoms with van der Waals surface area (Å²) in [5.41, 5.74) is 8.53. The number of thioether (sulfide) groups is 1. The highest BCUT2D eigenvalue weighted by molar-refractivity contribution is 7.99. The zero-order valence-electron chi connectivity index (χ0n) is 9.31. The molecule has 2 unspecified atom stereocenters. The second kappa shape index (κ2) is 6.16. The van der Waals surface area contributed by atoms with E-state index in [1.165, 1.54) is 11.1 Å². The van der Waals surface area contributed by atoms with Crippen molar-refractivity contribution in [2.45, 2.75) is 25.1 Å². The quantitative estimate of drug-likeness (QED) is 0.807. The van der Waals surface area contributed by atoms with Gasteiger partial charge in [-0.25, -0.2) is 0 Å². The van der Waals surface area contributed by atoms with Gasteiger partial charge in [-0.05, 0) is 25.0 Å². The molecule has 0 aromatic heterocycles. The maximum Gasteiger partial charge on any atom is 0.0521 e. The molecular weight excluding hydrogens is 206 g/mol. The Kier molecular flexibility index (Phi) is 5.15. The summed E-state index contributed by atoms with van der Waals surface area (Å²) in [7, 11) is 0. The smallest absolute Gasteiger partial charge is 0.0521 e. The standard InChI is InChI=1S/C12H19NOS/c1-9-5-3-4-6-11(9)12(10(2)13)15-8-7-14/h3-6,10,12,14H,7-8,13H2,1-2H3. The average molecular weight is 225 g/mol. The van der Waals surface area contributed by atoms with Crippen molar-refractivity contribution in [2.24, 2.45) is 5.73 Å². The molecule has 1 aromatic carbocycles. The van der Waals surface area contributed by atoms with Crippen molar-refractivity contribution in [1.82, 2.24) is 0 Å². The molecule has 1 rings (SSSR count). The monoisotopic (exact) mass is 225 g/mol. The molecular formula is C12H19NOS. The van der Waals surface area contributed by atoms with E-state index in [-0.39, 0.29) is 17.9 Å². The summed E-state index contributed by atoms with van der Waals surface area (Å²) in [6.07, 6.45) is 0. The van der Waals surface area contributed by atoms with Crippen LogP contribution in [0.2, 0.25) is 0 Å². The van der Waals surface area contributed by atoms with Gasteiger partial charge in [-0.15, -0.1) is 11.8 Å². The molecule has 84 valence electrons. The molecule has 0 aliphatic carbocycles. The van der Waals surface area contributed by atoms with Crippen LogP contribution in [0.1, 0.15) is 23.3 Å². The largest absolute Gasteiger partial charge is 0.396 e. The molecule has 15 heavy (non-hydrogen) atoms. The first-order valence-electron chi connectivity index (χ1n) is 5.20. The van der Waals surface area contributed by atoms with E-state index < -0.39 is 0 Å². The molecule has 1 aromatic rings. The molecule has 0 heterocycles. The van der Waals surface area contributed by atoms with Gasteiger partial charge in [0.2, 0.25) is 0 Å². The van der Waals surface area contributed by atoms with Crippen LogP contribution in [0, 0.1) is 6.92 Å². The Balaban J connectivity index is 2.84. The molecule has 0 saturated heterocycles. The zero-order valence-corrected chi connectivity index (χ0v) is 10.1. The Morgan fingerprint density at radius 3 is 2.60 bits per heavy atom. The molecule has 0 aliphatic rings. The van der Waals surface area contributed by atoms with E-state index in [0.29, 0.717) is 0 Å². The number of aliphatic hydroxyl groups excluding tert-OH is 1. The number of nitrogens with two attached hydrogens (primary N) is 1. The third-order valence-electron chi connectivity index (χ3n) is 2.36. The number of benzene rings is 1. The van der Waals surface area contributed by atoms with Crippen molar-refractivity contribution in [3.63, 3.8) is 0 Å². The third kappa shape index (κ3) is 3.52. The van der Waals surface area contributed by atoms with Gasteiger partial charge < -0.3 is 10.8 Å². The maximum absolute atomic E-state index is 8.85. The number of aliphatic hydroxyl groups is 1. The Morgan fingerprint density at radius 2 is 2.07 bits per heavy atom. The lowest BCUT2D eigenvalue weighted by molar-refractivity contribution is 0.322. The number of hydrogen-bond acceptors (Lipinski definition) is 3. The lowest BCUT2D eigenvalue weighted by Gasteiger charge is -2.22. The summed E-state index contributed by atoms with van der Waals surface area (Å²) in [5, 5.41) is 9.13. The first kappa shape index (κ1) is 12.6. The lowest BCUT2D eigenvalue weighted by Crippen LogP contribution is -2.23. The fraction of sp³-hybridized carbons (Fsp3) is 0.500. The Labute approximate surface area is 95.9 Å². The topological polar surface area (TPSA) is 46.2 Å². The van der Waals surface area contributed by atoms with E-state index in [9.17, 15) is 0 Å². The Hall–Kier alpha value is -0.510. The van der Waals surface area contributed by atoms with Gasteiger partial charge in [0.1, 0.15) is 0 Å². The van der Waals surface area contributed by atoms with Crippen molar-refractivity contribution >= 4 is 11.8 Å². The summed E-state index contributed by atoms with van der Waals surface area (Å²) in [4.78, 5) is 0. The Morgan fingerprint density at radius 1 is 1.40 bits per heavy atom. The van der Waals surface area contributed by atoms with Crippen LogP contribution in [-0.4, -0.2) is 23.5 Å². The number of rotatable bonds is 5. The third-order valence-corrected chi connectivity index (χ3v) is 3.82. The van der Waals surface area contributed by atoms with E-state index in [2.05, 4.69) is 19.1 Å². The molecule has 3 N–H and O–H groups in total. The minimum Gasteiger partial charge on any atom is -0.396 e. The fourth-order valence-corrected chi connectivity index (χ4v) is 2.72. The van der Waals surface area contributed by atoms with Gasteiger partial charge in [0, 0.05) is 17.0 Å². The molecule has 0 saturated carbocycles. The summed E-state index contributed by atoms with van der Waals surface area (Å²) < 4.78 is 0. The fourth-order valence-electron chi connectivity index (χ4n) is 1.61. The molecule has 0 bridgehead atoms.